The molecule has 0 bridgehead atoms. The molecule has 4 heteroatoms. The quantitative estimate of drug-likeness (QED) is 0.182. The molecule has 5 aromatic rings. The van der Waals surface area contributed by atoms with Gasteiger partial charge in [0.25, 0.3) is 0 Å². The van der Waals surface area contributed by atoms with Crippen molar-refractivity contribution < 1.29 is 28.6 Å². The maximum absolute atomic E-state index is 8.70. The molecule has 2 aromatic heterocycles. The van der Waals surface area contributed by atoms with Gasteiger partial charge in [-0.2, -0.15) is 0 Å². The SMILES string of the molecule is [2H]C1C(C2([2H])CCCC2)=CN=C(c2[c-]ccc3c2oc2ccccc23)C1[2H].[Ir].[c-]1ccccc1-c1ccccn1. The number of fused-ring (bicyclic) bond motifs is 3. The number of hydrogen-bond acceptors (Lipinski definition) is 3. The summed E-state index contributed by atoms with van der Waals surface area (Å²) in [7, 11) is 0. The summed E-state index contributed by atoms with van der Waals surface area (Å²) in [6.45, 7) is 0. The zero-order chi connectivity index (χ0) is 26.8. The molecule has 7 rings (SSSR count). The zero-order valence-electron chi connectivity index (χ0n) is 23.3. The molecular formula is C33H28IrN2O-2. The summed E-state index contributed by atoms with van der Waals surface area (Å²) in [5, 5.41) is 1.99. The minimum Gasteiger partial charge on any atom is -0.501 e. The van der Waals surface area contributed by atoms with E-state index >= 15 is 0 Å². The van der Waals surface area contributed by atoms with Crippen LogP contribution in [-0.4, -0.2) is 10.7 Å². The Bertz CT molecular complexity index is 1620. The van der Waals surface area contributed by atoms with E-state index in [2.05, 4.69) is 22.1 Å². The van der Waals surface area contributed by atoms with Gasteiger partial charge in [0.15, 0.2) is 0 Å². The van der Waals surface area contributed by atoms with Gasteiger partial charge in [-0.05, 0) is 55.1 Å². The van der Waals surface area contributed by atoms with Gasteiger partial charge < -0.3 is 14.4 Å². The number of aliphatic imine (C=N–C) groups is 1. The van der Waals surface area contributed by atoms with Crippen molar-refractivity contribution in [2.45, 2.75) is 38.5 Å². The van der Waals surface area contributed by atoms with Gasteiger partial charge in [-0.25, -0.2) is 0 Å². The van der Waals surface area contributed by atoms with E-state index in [1.807, 2.05) is 78.9 Å². The smallest absolute Gasteiger partial charge is 0.120 e. The topological polar surface area (TPSA) is 38.4 Å². The van der Waals surface area contributed by atoms with Gasteiger partial charge in [0, 0.05) is 42.0 Å². The molecule has 0 amide bonds. The molecule has 187 valence electrons. The number of furan rings is 1. The first-order chi connectivity index (χ1) is 19.0. The summed E-state index contributed by atoms with van der Waals surface area (Å²) in [4.78, 5) is 8.78. The third-order valence-electron chi connectivity index (χ3n) is 6.62. The van der Waals surface area contributed by atoms with E-state index in [1.165, 1.54) is 0 Å². The van der Waals surface area contributed by atoms with Crippen molar-refractivity contribution in [3.05, 3.63) is 115 Å². The average Bonchev–Trinajstić information content (AvgIpc) is 3.60. The monoisotopic (exact) mass is 664 g/mol. The Morgan fingerprint density at radius 3 is 2.51 bits per heavy atom. The van der Waals surface area contributed by atoms with Gasteiger partial charge in [-0.15, -0.1) is 54.1 Å². The Morgan fingerprint density at radius 2 is 1.70 bits per heavy atom. The van der Waals surface area contributed by atoms with Crippen LogP contribution >= 0.6 is 0 Å². The second-order valence-electron chi connectivity index (χ2n) is 8.93. The molecule has 1 aliphatic heterocycles. The summed E-state index contributed by atoms with van der Waals surface area (Å²) in [6, 6.07) is 31.6. The van der Waals surface area contributed by atoms with E-state index in [9.17, 15) is 0 Å². The van der Waals surface area contributed by atoms with Crippen LogP contribution in [0.4, 0.5) is 0 Å². The van der Waals surface area contributed by atoms with Crippen LogP contribution in [0.2, 0.25) is 0 Å². The Kier molecular flexibility index (Phi) is 6.94. The minimum absolute atomic E-state index is 0. The van der Waals surface area contributed by atoms with Gasteiger partial charge in [0.05, 0.1) is 5.58 Å². The molecule has 1 aliphatic carbocycles. The number of allylic oxidation sites excluding steroid dienone is 1. The van der Waals surface area contributed by atoms with Gasteiger partial charge in [0.1, 0.15) is 5.58 Å². The number of aromatic nitrogens is 1. The van der Waals surface area contributed by atoms with Crippen LogP contribution in [0.15, 0.2) is 106 Å². The van der Waals surface area contributed by atoms with Crippen molar-refractivity contribution in [2.24, 2.45) is 10.9 Å². The normalized spacial score (nSPS) is 21.5. The average molecular weight is 664 g/mol. The van der Waals surface area contributed by atoms with Crippen molar-refractivity contribution in [1.29, 1.82) is 0 Å². The van der Waals surface area contributed by atoms with Crippen molar-refractivity contribution >= 4 is 27.7 Å². The molecule has 1 saturated carbocycles. The summed E-state index contributed by atoms with van der Waals surface area (Å²) >= 11 is 0. The molecule has 3 nitrogen and oxygen atoms in total. The first kappa shape index (κ1) is 21.7. The van der Waals surface area contributed by atoms with Gasteiger partial charge in [-0.3, -0.25) is 0 Å². The van der Waals surface area contributed by atoms with Crippen LogP contribution < -0.4 is 0 Å². The Morgan fingerprint density at radius 1 is 0.865 bits per heavy atom. The summed E-state index contributed by atoms with van der Waals surface area (Å²) in [5.41, 5.74) is 5.31. The number of nitrogens with zero attached hydrogens (tertiary/aromatic N) is 2. The van der Waals surface area contributed by atoms with Gasteiger partial charge >= 0.3 is 0 Å². The van der Waals surface area contributed by atoms with E-state index in [1.54, 1.807) is 12.4 Å². The fourth-order valence-corrected chi connectivity index (χ4v) is 4.80. The van der Waals surface area contributed by atoms with Crippen molar-refractivity contribution in [3.8, 4) is 11.3 Å². The van der Waals surface area contributed by atoms with Crippen molar-refractivity contribution in [2.75, 3.05) is 0 Å². The molecule has 2 atom stereocenters. The van der Waals surface area contributed by atoms with E-state index in [4.69, 9.17) is 8.53 Å². The number of benzene rings is 3. The molecule has 3 heterocycles. The van der Waals surface area contributed by atoms with Crippen LogP contribution in [0.3, 0.4) is 0 Å². The number of pyridine rings is 1. The second-order valence-corrected chi connectivity index (χ2v) is 8.93. The standard InChI is InChI=1S/C22H20NO.C11H8N.Ir/c1-2-7-15(6-1)16-12-13-20(23-14-16)19-10-5-9-18-17-8-3-4-11-21(17)24-22(18)19;1-2-6-10(7-3-1)11-8-4-5-9-12-11;/h3-5,8-9,11,14-15H,1-2,6-7,12-13H2;1-6,8-9H;/q2*-1;/i12D,13D,15D;;. The van der Waals surface area contributed by atoms with Crippen LogP contribution in [-0.2, 0) is 20.1 Å². The number of rotatable bonds is 3. The van der Waals surface area contributed by atoms with Gasteiger partial charge in [0.2, 0.25) is 0 Å². The number of para-hydroxylation sites is 1. The molecule has 37 heavy (non-hydrogen) atoms. The van der Waals surface area contributed by atoms with E-state index < -0.39 is 18.7 Å². The summed E-state index contributed by atoms with van der Waals surface area (Å²) in [6.07, 6.45) is 5.39. The summed E-state index contributed by atoms with van der Waals surface area (Å²) in [5.74, 6) is -0.726. The maximum atomic E-state index is 8.70. The third kappa shape index (κ3) is 5.51. The molecule has 0 saturated heterocycles. The fourth-order valence-electron chi connectivity index (χ4n) is 4.80. The molecule has 1 radical (unpaired) electrons. The van der Waals surface area contributed by atoms with Crippen LogP contribution in [0.5, 0.6) is 0 Å². The Labute approximate surface area is 235 Å². The van der Waals surface area contributed by atoms with Crippen molar-refractivity contribution in [3.63, 3.8) is 0 Å². The first-order valence-corrected chi connectivity index (χ1v) is 12.4. The largest absolute Gasteiger partial charge is 0.501 e. The van der Waals surface area contributed by atoms with Crippen LogP contribution in [0.25, 0.3) is 33.2 Å². The number of hydrogen-bond donors (Lipinski definition) is 0. The van der Waals surface area contributed by atoms with Crippen molar-refractivity contribution in [1.82, 2.24) is 4.98 Å². The van der Waals surface area contributed by atoms with Crippen LogP contribution in [0, 0.1) is 18.0 Å². The molecule has 0 spiro atoms. The zero-order valence-corrected chi connectivity index (χ0v) is 22.7. The van der Waals surface area contributed by atoms with Gasteiger partial charge in [-0.1, -0.05) is 59.7 Å². The molecule has 3 aromatic carbocycles. The maximum Gasteiger partial charge on any atom is 0.120 e. The first-order valence-electron chi connectivity index (χ1n) is 14.0. The van der Waals surface area contributed by atoms with E-state index in [0.29, 0.717) is 22.4 Å². The second kappa shape index (κ2) is 11.8. The van der Waals surface area contributed by atoms with E-state index in [0.717, 1.165) is 53.3 Å². The summed E-state index contributed by atoms with van der Waals surface area (Å²) < 4.78 is 32.0. The molecule has 2 aliphatic rings. The minimum atomic E-state index is -0.845. The van der Waals surface area contributed by atoms with E-state index in [-0.39, 0.29) is 20.1 Å². The molecular weight excluding hydrogens is 633 g/mol. The molecule has 2 unspecified atom stereocenters. The fraction of sp³-hybridized carbons (Fsp3) is 0.212. The molecule has 1 fully saturated rings. The van der Waals surface area contributed by atoms with Crippen LogP contribution in [0.1, 0.15) is 48.2 Å². The Hall–Kier alpha value is -3.33. The predicted octanol–water partition coefficient (Wildman–Crippen LogP) is 8.59. The predicted molar refractivity (Wildman–Crippen MR) is 147 cm³/mol. The Balaban J connectivity index is 0.000000209. The third-order valence-corrected chi connectivity index (χ3v) is 6.62. The molecule has 0 N–H and O–H groups in total.